The van der Waals surface area contributed by atoms with Gasteiger partial charge in [0, 0.05) is 9.79 Å². The number of rotatable bonds is 2. The summed E-state index contributed by atoms with van der Waals surface area (Å²) < 4.78 is 13.6. The van der Waals surface area contributed by atoms with Crippen LogP contribution in [0.1, 0.15) is 11.1 Å². The van der Waals surface area contributed by atoms with E-state index < -0.39 is 0 Å². The van der Waals surface area contributed by atoms with Gasteiger partial charge in [-0.1, -0.05) is 35.5 Å². The molecule has 0 aromatic heterocycles. The van der Waals surface area contributed by atoms with E-state index in [0.717, 1.165) is 10.5 Å². The first-order valence-corrected chi connectivity index (χ1v) is 5.97. The van der Waals surface area contributed by atoms with Crippen LogP contribution < -0.4 is 0 Å². The van der Waals surface area contributed by atoms with Gasteiger partial charge < -0.3 is 0 Å². The highest BCUT2D eigenvalue weighted by Gasteiger charge is 2.03. The SMILES string of the molecule is Cc1ccc(Sc2ccc(C)cc2F)cc1. The van der Waals surface area contributed by atoms with Crippen LogP contribution >= 0.6 is 11.8 Å². The lowest BCUT2D eigenvalue weighted by atomic mass is 10.2. The van der Waals surface area contributed by atoms with Gasteiger partial charge in [0.1, 0.15) is 5.82 Å². The minimum Gasteiger partial charge on any atom is -0.206 e. The topological polar surface area (TPSA) is 0 Å². The molecule has 0 heterocycles. The Kier molecular flexibility index (Phi) is 3.30. The van der Waals surface area contributed by atoms with E-state index in [2.05, 4.69) is 0 Å². The summed E-state index contributed by atoms with van der Waals surface area (Å²) >= 11 is 1.46. The Labute approximate surface area is 99.5 Å². The quantitative estimate of drug-likeness (QED) is 0.729. The number of benzene rings is 2. The van der Waals surface area contributed by atoms with E-state index in [1.807, 2.05) is 50.2 Å². The largest absolute Gasteiger partial charge is 0.206 e. The summed E-state index contributed by atoms with van der Waals surface area (Å²) in [6.45, 7) is 3.93. The molecule has 2 aromatic carbocycles. The molecule has 0 unspecified atom stereocenters. The standard InChI is InChI=1S/C14H13FS/c1-10-3-6-12(7-4-10)16-14-8-5-11(2)9-13(14)15/h3-9H,1-2H3. The molecule has 0 aliphatic carbocycles. The number of aryl methyl sites for hydroxylation is 2. The number of hydrogen-bond acceptors (Lipinski definition) is 1. The molecule has 16 heavy (non-hydrogen) atoms. The predicted molar refractivity (Wildman–Crippen MR) is 66.4 cm³/mol. The molecule has 0 atom stereocenters. The molecule has 0 fully saturated rings. The summed E-state index contributed by atoms with van der Waals surface area (Å²) in [5.41, 5.74) is 2.17. The van der Waals surface area contributed by atoms with Gasteiger partial charge >= 0.3 is 0 Å². The molecule has 2 aromatic rings. The summed E-state index contributed by atoms with van der Waals surface area (Å²) in [5, 5.41) is 0. The van der Waals surface area contributed by atoms with E-state index in [9.17, 15) is 4.39 Å². The van der Waals surface area contributed by atoms with Gasteiger partial charge in [0.15, 0.2) is 0 Å². The molecule has 0 radical (unpaired) electrons. The highest BCUT2D eigenvalue weighted by molar-refractivity contribution is 7.99. The normalized spacial score (nSPS) is 10.4. The van der Waals surface area contributed by atoms with Gasteiger partial charge in [-0.2, -0.15) is 0 Å². The maximum atomic E-state index is 13.6. The first-order chi connectivity index (χ1) is 7.65. The zero-order chi connectivity index (χ0) is 11.5. The van der Waals surface area contributed by atoms with Crippen molar-refractivity contribution in [3.8, 4) is 0 Å². The van der Waals surface area contributed by atoms with Crippen molar-refractivity contribution in [3.63, 3.8) is 0 Å². The Morgan fingerprint density at radius 1 is 0.875 bits per heavy atom. The lowest BCUT2D eigenvalue weighted by Crippen LogP contribution is -1.83. The minimum absolute atomic E-state index is 0.148. The van der Waals surface area contributed by atoms with Gasteiger partial charge in [-0.25, -0.2) is 4.39 Å². The Balaban J connectivity index is 2.23. The Morgan fingerprint density at radius 2 is 1.50 bits per heavy atom. The highest BCUT2D eigenvalue weighted by Crippen LogP contribution is 2.30. The minimum atomic E-state index is -0.148. The van der Waals surface area contributed by atoms with Crippen LogP contribution in [0.4, 0.5) is 4.39 Å². The predicted octanol–water partition coefficient (Wildman–Crippen LogP) is 4.59. The summed E-state index contributed by atoms with van der Waals surface area (Å²) in [5.74, 6) is -0.148. The van der Waals surface area contributed by atoms with Gasteiger partial charge in [-0.05, 0) is 43.7 Å². The van der Waals surface area contributed by atoms with Crippen molar-refractivity contribution in [1.82, 2.24) is 0 Å². The van der Waals surface area contributed by atoms with Gasteiger partial charge in [0.25, 0.3) is 0 Å². The van der Waals surface area contributed by atoms with Crippen molar-refractivity contribution in [2.24, 2.45) is 0 Å². The average molecular weight is 232 g/mol. The molecule has 0 amide bonds. The summed E-state index contributed by atoms with van der Waals surface area (Å²) in [6.07, 6.45) is 0. The molecule has 2 heteroatoms. The fourth-order valence-corrected chi connectivity index (χ4v) is 2.24. The van der Waals surface area contributed by atoms with Crippen LogP contribution in [-0.2, 0) is 0 Å². The highest BCUT2D eigenvalue weighted by atomic mass is 32.2. The number of hydrogen-bond donors (Lipinski definition) is 0. The molecule has 2 rings (SSSR count). The first kappa shape index (κ1) is 11.2. The fraction of sp³-hybridized carbons (Fsp3) is 0.143. The second kappa shape index (κ2) is 4.71. The van der Waals surface area contributed by atoms with E-state index in [4.69, 9.17) is 0 Å². The lowest BCUT2D eigenvalue weighted by molar-refractivity contribution is 0.600. The second-order valence-corrected chi connectivity index (χ2v) is 4.96. The van der Waals surface area contributed by atoms with Gasteiger partial charge in [-0.3, -0.25) is 0 Å². The molecule has 0 bridgehead atoms. The van der Waals surface area contributed by atoms with Crippen LogP contribution in [0.15, 0.2) is 52.3 Å². The molecule has 0 spiro atoms. The zero-order valence-corrected chi connectivity index (χ0v) is 10.1. The monoisotopic (exact) mass is 232 g/mol. The first-order valence-electron chi connectivity index (χ1n) is 5.16. The van der Waals surface area contributed by atoms with Crippen molar-refractivity contribution < 1.29 is 4.39 Å². The molecular formula is C14H13FS. The Morgan fingerprint density at radius 3 is 2.12 bits per heavy atom. The van der Waals surface area contributed by atoms with Crippen molar-refractivity contribution in [1.29, 1.82) is 0 Å². The molecule has 0 aliphatic rings. The zero-order valence-electron chi connectivity index (χ0n) is 9.33. The molecule has 0 saturated heterocycles. The molecule has 0 aliphatic heterocycles. The van der Waals surface area contributed by atoms with E-state index in [1.54, 1.807) is 6.07 Å². The van der Waals surface area contributed by atoms with E-state index in [1.165, 1.54) is 17.3 Å². The summed E-state index contributed by atoms with van der Waals surface area (Å²) in [7, 11) is 0. The van der Waals surface area contributed by atoms with Crippen molar-refractivity contribution in [3.05, 3.63) is 59.4 Å². The summed E-state index contributed by atoms with van der Waals surface area (Å²) in [4.78, 5) is 1.74. The lowest BCUT2D eigenvalue weighted by Gasteiger charge is -2.04. The van der Waals surface area contributed by atoms with E-state index in [0.29, 0.717) is 4.90 Å². The van der Waals surface area contributed by atoms with E-state index in [-0.39, 0.29) is 5.82 Å². The van der Waals surface area contributed by atoms with Crippen LogP contribution in [0.2, 0.25) is 0 Å². The molecule has 0 nitrogen and oxygen atoms in total. The second-order valence-electron chi connectivity index (χ2n) is 3.85. The molecule has 82 valence electrons. The van der Waals surface area contributed by atoms with Crippen LogP contribution in [0, 0.1) is 19.7 Å². The van der Waals surface area contributed by atoms with Crippen molar-refractivity contribution >= 4 is 11.8 Å². The maximum Gasteiger partial charge on any atom is 0.137 e. The molecular weight excluding hydrogens is 219 g/mol. The third-order valence-corrected chi connectivity index (χ3v) is 3.40. The van der Waals surface area contributed by atoms with Crippen LogP contribution in [0.5, 0.6) is 0 Å². The van der Waals surface area contributed by atoms with Crippen LogP contribution in [-0.4, -0.2) is 0 Å². The third-order valence-electron chi connectivity index (χ3n) is 2.34. The molecule has 0 N–H and O–H groups in total. The van der Waals surface area contributed by atoms with E-state index >= 15 is 0 Å². The summed E-state index contributed by atoms with van der Waals surface area (Å²) in [6, 6.07) is 13.4. The Bertz CT molecular complexity index is 489. The smallest absolute Gasteiger partial charge is 0.137 e. The average Bonchev–Trinajstić information content (AvgIpc) is 2.25. The van der Waals surface area contributed by atoms with Gasteiger partial charge in [0.2, 0.25) is 0 Å². The fourth-order valence-electron chi connectivity index (χ4n) is 1.42. The third kappa shape index (κ3) is 2.64. The van der Waals surface area contributed by atoms with Gasteiger partial charge in [0.05, 0.1) is 0 Å². The number of halogens is 1. The van der Waals surface area contributed by atoms with Crippen LogP contribution in [0.25, 0.3) is 0 Å². The van der Waals surface area contributed by atoms with Crippen LogP contribution in [0.3, 0.4) is 0 Å². The molecule has 0 saturated carbocycles. The van der Waals surface area contributed by atoms with Crippen molar-refractivity contribution in [2.75, 3.05) is 0 Å². The maximum absolute atomic E-state index is 13.6. The van der Waals surface area contributed by atoms with Gasteiger partial charge in [-0.15, -0.1) is 0 Å². The Hall–Kier alpha value is -1.28. The van der Waals surface area contributed by atoms with Crippen molar-refractivity contribution in [2.45, 2.75) is 23.6 Å².